The van der Waals surface area contributed by atoms with E-state index in [1.807, 2.05) is 11.8 Å². The van der Waals surface area contributed by atoms with Crippen LogP contribution in [0.2, 0.25) is 0 Å². The Balaban J connectivity index is 2.80. The van der Waals surface area contributed by atoms with E-state index < -0.39 is 0 Å². The standard InChI is InChI=1S/C14H24IN3S/c1-5-7-16-14-13(15)11(6-2)17-12(18-14)9-19-8-10(3)4/h10H,5-9H2,1-4H3,(H,16,17,18). The highest BCUT2D eigenvalue weighted by Crippen LogP contribution is 2.22. The molecule has 0 aliphatic heterocycles. The number of hydrogen-bond acceptors (Lipinski definition) is 4. The fourth-order valence-corrected chi connectivity index (χ4v) is 3.30. The lowest BCUT2D eigenvalue weighted by atomic mass is 10.3. The van der Waals surface area contributed by atoms with Crippen molar-refractivity contribution in [1.29, 1.82) is 0 Å². The molecule has 1 aromatic heterocycles. The van der Waals surface area contributed by atoms with Crippen LogP contribution in [0.5, 0.6) is 0 Å². The number of aryl methyl sites for hydroxylation is 1. The smallest absolute Gasteiger partial charge is 0.143 e. The molecule has 0 radical (unpaired) electrons. The van der Waals surface area contributed by atoms with Crippen LogP contribution < -0.4 is 5.32 Å². The van der Waals surface area contributed by atoms with Crippen LogP contribution in [0.15, 0.2) is 0 Å². The van der Waals surface area contributed by atoms with Gasteiger partial charge in [0.1, 0.15) is 11.6 Å². The molecule has 0 amide bonds. The fraction of sp³-hybridized carbons (Fsp3) is 0.714. The number of rotatable bonds is 8. The highest BCUT2D eigenvalue weighted by molar-refractivity contribution is 14.1. The van der Waals surface area contributed by atoms with Crippen LogP contribution in [-0.4, -0.2) is 22.3 Å². The average molecular weight is 393 g/mol. The molecule has 0 saturated carbocycles. The molecule has 19 heavy (non-hydrogen) atoms. The van der Waals surface area contributed by atoms with Crippen LogP contribution in [0.1, 0.15) is 45.6 Å². The highest BCUT2D eigenvalue weighted by Gasteiger charge is 2.10. The zero-order valence-corrected chi connectivity index (χ0v) is 15.3. The molecule has 0 saturated heterocycles. The largest absolute Gasteiger partial charge is 0.369 e. The predicted octanol–water partition coefficient (Wildman–Crippen LogP) is 4.35. The zero-order chi connectivity index (χ0) is 14.3. The van der Waals surface area contributed by atoms with E-state index in [2.05, 4.69) is 65.6 Å². The first-order valence-corrected chi connectivity index (χ1v) is 9.18. The van der Waals surface area contributed by atoms with Gasteiger partial charge in [-0.3, -0.25) is 0 Å². The molecule has 1 heterocycles. The Morgan fingerprint density at radius 2 is 2.00 bits per heavy atom. The number of aromatic nitrogens is 2. The second kappa shape index (κ2) is 9.00. The van der Waals surface area contributed by atoms with Crippen molar-refractivity contribution in [3.05, 3.63) is 15.1 Å². The summed E-state index contributed by atoms with van der Waals surface area (Å²) in [6, 6.07) is 0. The van der Waals surface area contributed by atoms with Crippen LogP contribution in [0.3, 0.4) is 0 Å². The minimum atomic E-state index is 0.720. The van der Waals surface area contributed by atoms with Gasteiger partial charge in [0.15, 0.2) is 0 Å². The topological polar surface area (TPSA) is 37.8 Å². The molecular formula is C14H24IN3S. The van der Waals surface area contributed by atoms with Crippen LogP contribution in [-0.2, 0) is 12.2 Å². The maximum atomic E-state index is 4.68. The quantitative estimate of drug-likeness (QED) is 0.667. The van der Waals surface area contributed by atoms with Crippen molar-refractivity contribution in [3.63, 3.8) is 0 Å². The fourth-order valence-electron chi connectivity index (χ4n) is 1.59. The van der Waals surface area contributed by atoms with E-state index in [9.17, 15) is 0 Å². The van der Waals surface area contributed by atoms with E-state index in [1.165, 1.54) is 3.57 Å². The second-order valence-electron chi connectivity index (χ2n) is 4.94. The van der Waals surface area contributed by atoms with Gasteiger partial charge in [0, 0.05) is 6.54 Å². The number of thioether (sulfide) groups is 1. The summed E-state index contributed by atoms with van der Waals surface area (Å²) in [4.78, 5) is 9.34. The molecule has 108 valence electrons. The lowest BCUT2D eigenvalue weighted by molar-refractivity contribution is 0.749. The normalized spacial score (nSPS) is 11.1. The van der Waals surface area contributed by atoms with Gasteiger partial charge in [0.2, 0.25) is 0 Å². The third-order valence-electron chi connectivity index (χ3n) is 2.53. The lowest BCUT2D eigenvalue weighted by Gasteiger charge is -2.12. The van der Waals surface area contributed by atoms with Gasteiger partial charge >= 0.3 is 0 Å². The lowest BCUT2D eigenvalue weighted by Crippen LogP contribution is -2.10. The van der Waals surface area contributed by atoms with Crippen molar-refractivity contribution in [2.45, 2.75) is 46.3 Å². The summed E-state index contributed by atoms with van der Waals surface area (Å²) < 4.78 is 1.17. The molecule has 3 nitrogen and oxygen atoms in total. The Hall–Kier alpha value is -0.0400. The van der Waals surface area contributed by atoms with Gasteiger partial charge in [-0.25, -0.2) is 9.97 Å². The molecule has 0 spiro atoms. The molecule has 0 aliphatic rings. The maximum Gasteiger partial charge on any atom is 0.143 e. The Morgan fingerprint density at radius 3 is 2.58 bits per heavy atom. The van der Waals surface area contributed by atoms with E-state index in [0.29, 0.717) is 0 Å². The molecule has 0 aliphatic carbocycles. The van der Waals surface area contributed by atoms with Gasteiger partial charge in [-0.15, -0.1) is 0 Å². The molecule has 0 atom stereocenters. The molecule has 0 fully saturated rings. The van der Waals surface area contributed by atoms with Crippen LogP contribution >= 0.6 is 34.4 Å². The van der Waals surface area contributed by atoms with E-state index in [1.54, 1.807) is 0 Å². The average Bonchev–Trinajstić information content (AvgIpc) is 2.38. The first-order valence-electron chi connectivity index (χ1n) is 6.95. The molecule has 0 aromatic carbocycles. The summed E-state index contributed by atoms with van der Waals surface area (Å²) in [5.41, 5.74) is 1.16. The highest BCUT2D eigenvalue weighted by atomic mass is 127. The minimum absolute atomic E-state index is 0.720. The Labute approximate surface area is 134 Å². The first-order chi connectivity index (χ1) is 9.08. The monoisotopic (exact) mass is 393 g/mol. The molecule has 0 bridgehead atoms. The molecule has 1 aromatic rings. The summed E-state index contributed by atoms with van der Waals surface area (Å²) in [6.45, 7) is 9.77. The van der Waals surface area contributed by atoms with Gasteiger partial charge in [-0.1, -0.05) is 27.7 Å². The maximum absolute atomic E-state index is 4.68. The third kappa shape index (κ3) is 5.85. The summed E-state index contributed by atoms with van der Waals surface area (Å²) in [5.74, 6) is 4.75. The van der Waals surface area contributed by atoms with Gasteiger partial charge in [0.05, 0.1) is 15.0 Å². The van der Waals surface area contributed by atoms with E-state index in [0.717, 1.165) is 54.1 Å². The van der Waals surface area contributed by atoms with Crippen molar-refractivity contribution in [2.75, 3.05) is 17.6 Å². The number of nitrogens with zero attached hydrogens (tertiary/aromatic N) is 2. The summed E-state index contributed by atoms with van der Waals surface area (Å²) in [7, 11) is 0. The van der Waals surface area contributed by atoms with Gasteiger partial charge in [-0.2, -0.15) is 11.8 Å². The summed E-state index contributed by atoms with van der Waals surface area (Å²) in [6.07, 6.45) is 2.07. The molecule has 1 N–H and O–H groups in total. The zero-order valence-electron chi connectivity index (χ0n) is 12.3. The van der Waals surface area contributed by atoms with Gasteiger partial charge in [-0.05, 0) is 47.1 Å². The first kappa shape index (κ1) is 17.0. The van der Waals surface area contributed by atoms with E-state index in [-0.39, 0.29) is 0 Å². The van der Waals surface area contributed by atoms with Crippen LogP contribution in [0.4, 0.5) is 5.82 Å². The summed E-state index contributed by atoms with van der Waals surface area (Å²) >= 11 is 4.27. The van der Waals surface area contributed by atoms with E-state index >= 15 is 0 Å². The van der Waals surface area contributed by atoms with Crippen molar-refractivity contribution in [2.24, 2.45) is 5.92 Å². The second-order valence-corrected chi connectivity index (χ2v) is 7.05. The van der Waals surface area contributed by atoms with Crippen LogP contribution in [0, 0.1) is 9.49 Å². The number of nitrogens with one attached hydrogen (secondary N) is 1. The van der Waals surface area contributed by atoms with Crippen LogP contribution in [0.25, 0.3) is 0 Å². The molecule has 5 heteroatoms. The minimum Gasteiger partial charge on any atom is -0.369 e. The summed E-state index contributed by atoms with van der Waals surface area (Å²) in [5, 5.41) is 3.41. The van der Waals surface area contributed by atoms with Crippen molar-refractivity contribution < 1.29 is 0 Å². The number of halogens is 1. The predicted molar refractivity (Wildman–Crippen MR) is 93.9 cm³/mol. The van der Waals surface area contributed by atoms with Crippen molar-refractivity contribution in [3.8, 4) is 0 Å². The molecule has 0 unspecified atom stereocenters. The SMILES string of the molecule is CCCNc1nc(CSCC(C)C)nc(CC)c1I. The van der Waals surface area contributed by atoms with Crippen molar-refractivity contribution in [1.82, 2.24) is 9.97 Å². The number of anilines is 1. The number of hydrogen-bond donors (Lipinski definition) is 1. The molecule has 1 rings (SSSR count). The Kier molecular flexibility index (Phi) is 8.06. The van der Waals surface area contributed by atoms with E-state index in [4.69, 9.17) is 0 Å². The Morgan fingerprint density at radius 1 is 1.26 bits per heavy atom. The Bertz CT molecular complexity index is 397. The third-order valence-corrected chi connectivity index (χ3v) is 5.02. The van der Waals surface area contributed by atoms with Crippen molar-refractivity contribution >= 4 is 40.2 Å². The van der Waals surface area contributed by atoms with Gasteiger partial charge in [0.25, 0.3) is 0 Å². The van der Waals surface area contributed by atoms with Gasteiger partial charge < -0.3 is 5.32 Å². The molecular weight excluding hydrogens is 369 g/mol.